The van der Waals surface area contributed by atoms with Gasteiger partial charge in [0.2, 0.25) is 0 Å². The number of aromatic hydroxyl groups is 1. The number of ether oxygens (including phenoxy) is 1. The third-order valence-electron chi connectivity index (χ3n) is 3.27. The Morgan fingerprint density at radius 3 is 2.57 bits per heavy atom. The van der Waals surface area contributed by atoms with Crippen molar-refractivity contribution in [2.24, 2.45) is 13.0 Å². The largest absolute Gasteiger partial charge is 0.573 e. The summed E-state index contributed by atoms with van der Waals surface area (Å²) in [5.74, 6) is -1.18. The van der Waals surface area contributed by atoms with Crippen LogP contribution in [0.15, 0.2) is 41.0 Å². The van der Waals surface area contributed by atoms with Gasteiger partial charge in [0.15, 0.2) is 5.75 Å². The van der Waals surface area contributed by atoms with Crippen LogP contribution in [0.4, 0.5) is 13.2 Å². The number of hydrogen-bond donors (Lipinski definition) is 1. The summed E-state index contributed by atoms with van der Waals surface area (Å²) in [6.45, 7) is 1.73. The van der Waals surface area contributed by atoms with Crippen LogP contribution in [0.25, 0.3) is 0 Å². The molecule has 2 rings (SSSR count). The summed E-state index contributed by atoms with van der Waals surface area (Å²) in [5.41, 5.74) is 0.114. The predicted octanol–water partition coefficient (Wildman–Crippen LogP) is 2.80. The first-order valence-electron chi connectivity index (χ1n) is 6.22. The molecular formula is C14H14F3NO3. The van der Waals surface area contributed by atoms with Gasteiger partial charge in [0.1, 0.15) is 5.76 Å². The number of pyridine rings is 1. The number of halogens is 3. The lowest BCUT2D eigenvalue weighted by Gasteiger charge is -2.24. The molecule has 0 amide bonds. The lowest BCUT2D eigenvalue weighted by Crippen LogP contribution is -2.20. The van der Waals surface area contributed by atoms with Gasteiger partial charge in [-0.1, -0.05) is 13.0 Å². The molecule has 0 saturated heterocycles. The van der Waals surface area contributed by atoms with Gasteiger partial charge in [-0.05, 0) is 29.7 Å². The fraction of sp³-hybridized carbons (Fsp3) is 0.357. The highest BCUT2D eigenvalue weighted by Gasteiger charge is 2.33. The van der Waals surface area contributed by atoms with Gasteiger partial charge in [0, 0.05) is 19.2 Å². The van der Waals surface area contributed by atoms with Gasteiger partial charge in [-0.15, -0.1) is 13.2 Å². The Balaban J connectivity index is 2.26. The second-order valence-corrected chi connectivity index (χ2v) is 4.94. The Hall–Kier alpha value is -2.18. The summed E-state index contributed by atoms with van der Waals surface area (Å²) in [6, 6.07) is 1.33. The average Bonchev–Trinajstić information content (AvgIpc) is 2.33. The lowest BCUT2D eigenvalue weighted by molar-refractivity contribution is -0.303. The molecule has 0 radical (unpaired) electrons. The minimum absolute atomic E-state index is 0.247. The molecule has 2 atom stereocenters. The van der Waals surface area contributed by atoms with E-state index in [0.717, 1.165) is 0 Å². The molecule has 1 aromatic heterocycles. The summed E-state index contributed by atoms with van der Waals surface area (Å²) < 4.78 is 41.6. The molecule has 1 N–H and O–H groups in total. The molecule has 0 bridgehead atoms. The quantitative estimate of drug-likeness (QED) is 0.914. The highest BCUT2D eigenvalue weighted by Crippen LogP contribution is 2.34. The van der Waals surface area contributed by atoms with E-state index in [1.807, 2.05) is 0 Å². The van der Waals surface area contributed by atoms with Crippen LogP contribution in [0.3, 0.4) is 0 Å². The molecule has 114 valence electrons. The Morgan fingerprint density at radius 2 is 2.05 bits per heavy atom. The third-order valence-corrected chi connectivity index (χ3v) is 3.27. The van der Waals surface area contributed by atoms with E-state index in [-0.39, 0.29) is 17.6 Å². The number of alkyl halides is 3. The molecule has 0 fully saturated rings. The van der Waals surface area contributed by atoms with Gasteiger partial charge < -0.3 is 14.4 Å². The van der Waals surface area contributed by atoms with Gasteiger partial charge in [0.25, 0.3) is 5.56 Å². The minimum Gasteiger partial charge on any atom is -0.503 e. The van der Waals surface area contributed by atoms with Gasteiger partial charge in [-0.2, -0.15) is 0 Å². The van der Waals surface area contributed by atoms with Crippen molar-refractivity contribution in [2.45, 2.75) is 19.2 Å². The Kier molecular flexibility index (Phi) is 3.85. The van der Waals surface area contributed by atoms with E-state index in [0.29, 0.717) is 5.56 Å². The fourth-order valence-electron chi connectivity index (χ4n) is 2.31. The van der Waals surface area contributed by atoms with E-state index in [2.05, 4.69) is 4.74 Å². The number of nitrogens with zero attached hydrogens (tertiary/aromatic N) is 1. The first-order valence-corrected chi connectivity index (χ1v) is 6.22. The number of allylic oxidation sites excluding steroid dienone is 3. The van der Waals surface area contributed by atoms with Crippen molar-refractivity contribution in [1.29, 1.82) is 0 Å². The first kappa shape index (κ1) is 15.2. The number of aromatic nitrogens is 1. The van der Waals surface area contributed by atoms with Crippen LogP contribution >= 0.6 is 0 Å². The molecule has 0 aliphatic heterocycles. The summed E-state index contributed by atoms with van der Waals surface area (Å²) in [7, 11) is 1.50. The summed E-state index contributed by atoms with van der Waals surface area (Å²) in [4.78, 5) is 11.4. The van der Waals surface area contributed by atoms with E-state index < -0.39 is 17.7 Å². The molecule has 7 heteroatoms. The first-order chi connectivity index (χ1) is 9.67. The van der Waals surface area contributed by atoms with E-state index >= 15 is 0 Å². The standard InChI is InChI=1S/C14H14F3NO3/c1-8-5-10(21-14(15,16)17)3-4-11(8)9-6-12(19)13(20)18(2)7-9/h3-8,11,19H,1-2H3. The predicted molar refractivity (Wildman–Crippen MR) is 69.6 cm³/mol. The zero-order chi connectivity index (χ0) is 15.8. The van der Waals surface area contributed by atoms with Crippen molar-refractivity contribution in [1.82, 2.24) is 4.57 Å². The number of aryl methyl sites for hydroxylation is 1. The fourth-order valence-corrected chi connectivity index (χ4v) is 2.31. The molecule has 0 spiro atoms. The molecule has 2 unspecified atom stereocenters. The van der Waals surface area contributed by atoms with Crippen LogP contribution in [0.1, 0.15) is 18.4 Å². The topological polar surface area (TPSA) is 51.5 Å². The smallest absolute Gasteiger partial charge is 0.503 e. The molecule has 4 nitrogen and oxygen atoms in total. The third kappa shape index (κ3) is 3.48. The van der Waals surface area contributed by atoms with E-state index in [9.17, 15) is 23.1 Å². The highest BCUT2D eigenvalue weighted by atomic mass is 19.4. The second kappa shape index (κ2) is 5.31. The van der Waals surface area contributed by atoms with Crippen molar-refractivity contribution in [3.05, 3.63) is 52.2 Å². The zero-order valence-electron chi connectivity index (χ0n) is 11.4. The van der Waals surface area contributed by atoms with E-state index in [1.165, 1.54) is 29.8 Å². The molecule has 1 aliphatic carbocycles. The van der Waals surface area contributed by atoms with Gasteiger partial charge in [-0.25, -0.2) is 0 Å². The van der Waals surface area contributed by atoms with Gasteiger partial charge >= 0.3 is 6.36 Å². The Morgan fingerprint density at radius 1 is 1.38 bits per heavy atom. The highest BCUT2D eigenvalue weighted by molar-refractivity contribution is 5.34. The minimum atomic E-state index is -4.72. The Labute approximate surface area is 118 Å². The van der Waals surface area contributed by atoms with Crippen molar-refractivity contribution in [3.63, 3.8) is 0 Å². The van der Waals surface area contributed by atoms with E-state index in [4.69, 9.17) is 0 Å². The maximum atomic E-state index is 12.2. The summed E-state index contributed by atoms with van der Waals surface area (Å²) in [5, 5.41) is 9.56. The SMILES string of the molecule is CC1C=C(OC(F)(F)F)C=CC1c1cc(O)c(=O)n(C)c1. The van der Waals surface area contributed by atoms with Crippen LogP contribution in [0.2, 0.25) is 0 Å². The van der Waals surface area contributed by atoms with Crippen LogP contribution in [0.5, 0.6) is 5.75 Å². The molecule has 1 heterocycles. The van der Waals surface area contributed by atoms with Crippen LogP contribution in [-0.4, -0.2) is 16.0 Å². The monoisotopic (exact) mass is 301 g/mol. The van der Waals surface area contributed by atoms with Crippen molar-refractivity contribution in [3.8, 4) is 5.75 Å². The van der Waals surface area contributed by atoms with Crippen molar-refractivity contribution < 1.29 is 23.0 Å². The molecule has 1 aromatic rings. The average molecular weight is 301 g/mol. The normalized spacial score (nSPS) is 22.0. The zero-order valence-corrected chi connectivity index (χ0v) is 11.4. The van der Waals surface area contributed by atoms with Crippen molar-refractivity contribution >= 4 is 0 Å². The van der Waals surface area contributed by atoms with Gasteiger partial charge in [0.05, 0.1) is 0 Å². The van der Waals surface area contributed by atoms with Crippen LogP contribution in [0, 0.1) is 5.92 Å². The molecule has 21 heavy (non-hydrogen) atoms. The van der Waals surface area contributed by atoms with Gasteiger partial charge in [-0.3, -0.25) is 4.79 Å². The van der Waals surface area contributed by atoms with Crippen LogP contribution in [-0.2, 0) is 11.8 Å². The molecule has 0 aromatic carbocycles. The second-order valence-electron chi connectivity index (χ2n) is 4.94. The summed E-state index contributed by atoms with van der Waals surface area (Å²) >= 11 is 0. The number of hydrogen-bond acceptors (Lipinski definition) is 3. The van der Waals surface area contributed by atoms with Crippen LogP contribution < -0.4 is 5.56 Å². The molecule has 1 aliphatic rings. The van der Waals surface area contributed by atoms with E-state index in [1.54, 1.807) is 19.2 Å². The maximum Gasteiger partial charge on any atom is 0.573 e. The molecular weight excluding hydrogens is 287 g/mol. The summed E-state index contributed by atoms with van der Waals surface area (Å²) in [6.07, 6.45) is 0.986. The lowest BCUT2D eigenvalue weighted by atomic mass is 9.84. The molecule has 0 saturated carbocycles. The Bertz CT molecular complexity index is 632. The number of rotatable bonds is 2. The van der Waals surface area contributed by atoms with Crippen molar-refractivity contribution in [2.75, 3.05) is 0 Å². The maximum absolute atomic E-state index is 12.2.